The minimum atomic E-state index is -0.359. The summed E-state index contributed by atoms with van der Waals surface area (Å²) >= 11 is 0. The highest BCUT2D eigenvalue weighted by Gasteiger charge is 2.05. The molecule has 2 nitrogen and oxygen atoms in total. The molecule has 0 aliphatic heterocycles. The number of anilines is 1. The average Bonchev–Trinajstić information content (AvgIpc) is 2.54. The summed E-state index contributed by atoms with van der Waals surface area (Å²) in [6.07, 6.45) is 3.15. The number of nitrogens with one attached hydrogen (secondary N) is 1. The van der Waals surface area contributed by atoms with E-state index in [4.69, 9.17) is 0 Å². The number of carbonyl (C=O) groups excluding carboxylic acids is 1. The summed E-state index contributed by atoms with van der Waals surface area (Å²) in [4.78, 5) is 12.0. The fraction of sp³-hybridized carbons (Fsp3) is 0.211. The van der Waals surface area contributed by atoms with Crippen LogP contribution >= 0.6 is 0 Å². The van der Waals surface area contributed by atoms with Gasteiger partial charge in [-0.2, -0.15) is 0 Å². The van der Waals surface area contributed by atoms with Gasteiger partial charge in [0, 0.05) is 23.2 Å². The maximum atomic E-state index is 12.8. The van der Waals surface area contributed by atoms with Crippen LogP contribution in [0.4, 0.5) is 10.1 Å². The molecule has 0 fully saturated rings. The molecule has 0 aromatic heterocycles. The van der Waals surface area contributed by atoms with Crippen LogP contribution in [0.25, 0.3) is 0 Å². The summed E-state index contributed by atoms with van der Waals surface area (Å²) in [5, 5.41) is 2.77. The maximum absolute atomic E-state index is 12.8. The molecule has 22 heavy (non-hydrogen) atoms. The quantitative estimate of drug-likeness (QED) is 0.647. The number of amides is 1. The average molecular weight is 295 g/mol. The zero-order valence-corrected chi connectivity index (χ0v) is 12.5. The van der Waals surface area contributed by atoms with Crippen molar-refractivity contribution in [1.82, 2.24) is 0 Å². The van der Waals surface area contributed by atoms with Crippen molar-refractivity contribution in [2.45, 2.75) is 26.2 Å². The van der Waals surface area contributed by atoms with Gasteiger partial charge in [-0.1, -0.05) is 25.2 Å². The Labute approximate surface area is 130 Å². The van der Waals surface area contributed by atoms with Crippen LogP contribution in [0.1, 0.15) is 42.1 Å². The molecule has 0 aliphatic carbocycles. The molecule has 112 valence electrons. The van der Waals surface area contributed by atoms with Crippen molar-refractivity contribution in [3.05, 3.63) is 65.5 Å². The van der Waals surface area contributed by atoms with E-state index in [1.165, 1.54) is 24.3 Å². The second-order valence-electron chi connectivity index (χ2n) is 4.94. The lowest BCUT2D eigenvalue weighted by Gasteiger charge is -2.05. The zero-order valence-electron chi connectivity index (χ0n) is 12.5. The van der Waals surface area contributed by atoms with Crippen molar-refractivity contribution in [3.8, 4) is 11.8 Å². The zero-order chi connectivity index (χ0) is 15.8. The third-order valence-corrected chi connectivity index (χ3v) is 3.14. The van der Waals surface area contributed by atoms with Crippen LogP contribution in [0.2, 0.25) is 0 Å². The highest BCUT2D eigenvalue weighted by Crippen LogP contribution is 2.11. The Morgan fingerprint density at radius 3 is 2.41 bits per heavy atom. The molecule has 0 radical (unpaired) electrons. The van der Waals surface area contributed by atoms with E-state index >= 15 is 0 Å². The SMILES string of the molecule is CCCCC#Cc1ccc(NC(=O)c2ccc(F)cc2)cc1. The number of unbranched alkanes of at least 4 members (excludes halogenated alkanes) is 2. The molecule has 0 unspecified atom stereocenters. The van der Waals surface area contributed by atoms with E-state index in [0.717, 1.165) is 24.8 Å². The van der Waals surface area contributed by atoms with Gasteiger partial charge in [0.05, 0.1) is 0 Å². The van der Waals surface area contributed by atoms with Gasteiger partial charge in [-0.05, 0) is 55.0 Å². The van der Waals surface area contributed by atoms with Gasteiger partial charge in [0.1, 0.15) is 5.82 Å². The van der Waals surface area contributed by atoms with Crippen LogP contribution in [-0.2, 0) is 0 Å². The van der Waals surface area contributed by atoms with Gasteiger partial charge in [-0.15, -0.1) is 0 Å². The van der Waals surface area contributed by atoms with Gasteiger partial charge in [0.15, 0.2) is 0 Å². The molecule has 0 saturated carbocycles. The molecule has 1 N–H and O–H groups in total. The van der Waals surface area contributed by atoms with Gasteiger partial charge in [-0.25, -0.2) is 4.39 Å². The lowest BCUT2D eigenvalue weighted by molar-refractivity contribution is 0.102. The third-order valence-electron chi connectivity index (χ3n) is 3.14. The first kappa shape index (κ1) is 15.8. The topological polar surface area (TPSA) is 29.1 Å². The van der Waals surface area contributed by atoms with E-state index in [-0.39, 0.29) is 11.7 Å². The molecule has 0 aliphatic rings. The summed E-state index contributed by atoms with van der Waals surface area (Å²) in [6.45, 7) is 2.14. The number of hydrogen-bond donors (Lipinski definition) is 1. The van der Waals surface area contributed by atoms with Crippen LogP contribution in [0.5, 0.6) is 0 Å². The molecule has 0 spiro atoms. The van der Waals surface area contributed by atoms with Gasteiger partial charge in [-0.3, -0.25) is 4.79 Å². The number of halogens is 1. The minimum Gasteiger partial charge on any atom is -0.322 e. The van der Waals surface area contributed by atoms with Crippen LogP contribution < -0.4 is 5.32 Å². The predicted octanol–water partition coefficient (Wildman–Crippen LogP) is 4.62. The predicted molar refractivity (Wildman–Crippen MR) is 87.2 cm³/mol. The molecule has 0 atom stereocenters. The molecule has 0 heterocycles. The van der Waals surface area contributed by atoms with Crippen molar-refractivity contribution in [1.29, 1.82) is 0 Å². The lowest BCUT2D eigenvalue weighted by Crippen LogP contribution is -2.11. The largest absolute Gasteiger partial charge is 0.322 e. The Hall–Kier alpha value is -2.60. The summed E-state index contributed by atoms with van der Waals surface area (Å²) in [5.74, 6) is 5.59. The highest BCUT2D eigenvalue weighted by atomic mass is 19.1. The van der Waals surface area contributed by atoms with Crippen LogP contribution in [0, 0.1) is 17.7 Å². The smallest absolute Gasteiger partial charge is 0.255 e. The van der Waals surface area contributed by atoms with Gasteiger partial charge in [0.25, 0.3) is 5.91 Å². The Morgan fingerprint density at radius 1 is 1.09 bits per heavy atom. The van der Waals surface area contributed by atoms with Crippen LogP contribution in [0.15, 0.2) is 48.5 Å². The van der Waals surface area contributed by atoms with E-state index in [0.29, 0.717) is 11.3 Å². The van der Waals surface area contributed by atoms with Gasteiger partial charge < -0.3 is 5.32 Å². The van der Waals surface area contributed by atoms with Crippen molar-refractivity contribution in [3.63, 3.8) is 0 Å². The van der Waals surface area contributed by atoms with Gasteiger partial charge in [0.2, 0.25) is 0 Å². The third kappa shape index (κ3) is 4.75. The normalized spacial score (nSPS) is 9.73. The van der Waals surface area contributed by atoms with Crippen molar-refractivity contribution >= 4 is 11.6 Å². The number of rotatable bonds is 4. The van der Waals surface area contributed by atoms with Crippen molar-refractivity contribution in [2.24, 2.45) is 0 Å². The van der Waals surface area contributed by atoms with Crippen molar-refractivity contribution in [2.75, 3.05) is 5.32 Å². The highest BCUT2D eigenvalue weighted by molar-refractivity contribution is 6.04. The number of carbonyl (C=O) groups is 1. The molecule has 0 bridgehead atoms. The minimum absolute atomic E-state index is 0.262. The van der Waals surface area contributed by atoms with E-state index in [2.05, 4.69) is 24.1 Å². The molecule has 1 amide bonds. The van der Waals surface area contributed by atoms with Crippen LogP contribution in [-0.4, -0.2) is 5.91 Å². The molecule has 0 saturated heterocycles. The van der Waals surface area contributed by atoms with E-state index < -0.39 is 0 Å². The molecule has 2 aromatic rings. The molecular formula is C19H18FNO. The number of hydrogen-bond acceptors (Lipinski definition) is 1. The Balaban J connectivity index is 1.97. The fourth-order valence-corrected chi connectivity index (χ4v) is 1.87. The first-order valence-corrected chi connectivity index (χ1v) is 7.35. The molecule has 2 rings (SSSR count). The maximum Gasteiger partial charge on any atom is 0.255 e. The molecule has 3 heteroatoms. The lowest BCUT2D eigenvalue weighted by atomic mass is 10.1. The van der Waals surface area contributed by atoms with E-state index in [9.17, 15) is 9.18 Å². The summed E-state index contributed by atoms with van der Waals surface area (Å²) < 4.78 is 12.8. The summed E-state index contributed by atoms with van der Waals surface area (Å²) in [7, 11) is 0. The summed E-state index contributed by atoms with van der Waals surface area (Å²) in [5.41, 5.74) is 2.04. The number of benzene rings is 2. The fourth-order valence-electron chi connectivity index (χ4n) is 1.87. The first-order valence-electron chi connectivity index (χ1n) is 7.35. The summed E-state index contributed by atoms with van der Waals surface area (Å²) in [6, 6.07) is 12.8. The second kappa shape index (κ2) is 7.99. The Kier molecular flexibility index (Phi) is 5.73. The Morgan fingerprint density at radius 2 is 1.77 bits per heavy atom. The molecular weight excluding hydrogens is 277 g/mol. The van der Waals surface area contributed by atoms with Crippen LogP contribution in [0.3, 0.4) is 0 Å². The van der Waals surface area contributed by atoms with E-state index in [1.54, 1.807) is 0 Å². The second-order valence-corrected chi connectivity index (χ2v) is 4.94. The molecule has 2 aromatic carbocycles. The van der Waals surface area contributed by atoms with Gasteiger partial charge >= 0.3 is 0 Å². The monoisotopic (exact) mass is 295 g/mol. The standard InChI is InChI=1S/C19H18FNO/c1-2-3-4-5-6-15-7-13-18(14-8-15)21-19(22)16-9-11-17(20)12-10-16/h7-14H,2-4H2,1H3,(H,21,22). The van der Waals surface area contributed by atoms with Crippen molar-refractivity contribution < 1.29 is 9.18 Å². The Bertz CT molecular complexity index is 678. The first-order chi connectivity index (χ1) is 10.7. The van der Waals surface area contributed by atoms with E-state index in [1.807, 2.05) is 24.3 Å².